The Bertz CT molecular complexity index is 920. The van der Waals surface area contributed by atoms with Crippen molar-refractivity contribution in [3.63, 3.8) is 0 Å². The van der Waals surface area contributed by atoms with Gasteiger partial charge in [-0.25, -0.2) is 4.98 Å². The van der Waals surface area contributed by atoms with E-state index in [1.54, 1.807) is 17.5 Å². The molecular weight excluding hydrogens is 400 g/mol. The van der Waals surface area contributed by atoms with Crippen molar-refractivity contribution < 1.29 is 5.11 Å². The number of aromatic nitrogens is 1. The van der Waals surface area contributed by atoms with Crippen LogP contribution >= 0.6 is 23.3 Å². The van der Waals surface area contributed by atoms with Crippen LogP contribution in [0.4, 0.5) is 5.69 Å². The Morgan fingerprint density at radius 1 is 1.31 bits per heavy atom. The number of nitriles is 1. The van der Waals surface area contributed by atoms with Crippen LogP contribution in [0.2, 0.25) is 0 Å². The SMILES string of the molecule is CC(C)c1cc(C#N)cc(C(C)/C=C\N)c1NSc1sc(C(C)(C)C)nc1CO. The predicted octanol–water partition coefficient (Wildman–Crippen LogP) is 5.62. The van der Waals surface area contributed by atoms with E-state index < -0.39 is 0 Å². The van der Waals surface area contributed by atoms with Crippen LogP contribution in [-0.2, 0) is 12.0 Å². The molecule has 1 unspecified atom stereocenters. The van der Waals surface area contributed by atoms with E-state index in [0.717, 1.165) is 26.0 Å². The minimum Gasteiger partial charge on any atom is -0.405 e. The number of aliphatic hydroxyl groups is 1. The summed E-state index contributed by atoms with van der Waals surface area (Å²) in [6.45, 7) is 12.5. The third kappa shape index (κ3) is 5.53. The molecule has 0 aliphatic carbocycles. The zero-order chi connectivity index (χ0) is 21.8. The van der Waals surface area contributed by atoms with Crippen LogP contribution in [0.5, 0.6) is 0 Å². The number of allylic oxidation sites excluding steroid dienone is 1. The number of hydrogen-bond acceptors (Lipinski definition) is 7. The van der Waals surface area contributed by atoms with Gasteiger partial charge in [0.2, 0.25) is 0 Å². The fourth-order valence-corrected chi connectivity index (χ4v) is 4.94. The van der Waals surface area contributed by atoms with Gasteiger partial charge in [-0.05, 0) is 47.3 Å². The second kappa shape index (κ2) is 9.66. The molecule has 1 atom stereocenters. The molecule has 0 bridgehead atoms. The van der Waals surface area contributed by atoms with Gasteiger partial charge in [-0.1, -0.05) is 47.6 Å². The Balaban J connectivity index is 2.49. The summed E-state index contributed by atoms with van der Waals surface area (Å²) in [5.74, 6) is 0.293. The minimum absolute atomic E-state index is 0.0535. The molecular formula is C22H30N4OS2. The highest BCUT2D eigenvalue weighted by Gasteiger charge is 2.23. The molecule has 1 heterocycles. The summed E-state index contributed by atoms with van der Waals surface area (Å²) < 4.78 is 4.45. The summed E-state index contributed by atoms with van der Waals surface area (Å²) in [5.41, 5.74) is 9.97. The van der Waals surface area contributed by atoms with Gasteiger partial charge in [0.25, 0.3) is 0 Å². The van der Waals surface area contributed by atoms with Gasteiger partial charge in [-0.3, -0.25) is 0 Å². The Morgan fingerprint density at radius 3 is 2.48 bits per heavy atom. The van der Waals surface area contributed by atoms with Crippen LogP contribution in [0, 0.1) is 11.3 Å². The first-order valence-electron chi connectivity index (χ1n) is 9.62. The minimum atomic E-state index is -0.0971. The molecule has 0 saturated carbocycles. The fourth-order valence-electron chi connectivity index (χ4n) is 2.89. The molecule has 1 aromatic carbocycles. The lowest BCUT2D eigenvalue weighted by molar-refractivity contribution is 0.274. The van der Waals surface area contributed by atoms with E-state index >= 15 is 0 Å². The molecule has 29 heavy (non-hydrogen) atoms. The molecule has 1 aromatic heterocycles. The van der Waals surface area contributed by atoms with Gasteiger partial charge in [0, 0.05) is 11.3 Å². The molecule has 2 aromatic rings. The zero-order valence-electron chi connectivity index (χ0n) is 17.9. The highest BCUT2D eigenvalue weighted by atomic mass is 32.2. The quantitative estimate of drug-likeness (QED) is 0.493. The maximum atomic E-state index is 9.76. The van der Waals surface area contributed by atoms with Crippen LogP contribution in [0.25, 0.3) is 0 Å². The number of nitrogens with two attached hydrogens (primary N) is 1. The first-order chi connectivity index (χ1) is 13.6. The Kier molecular flexibility index (Phi) is 7.75. The highest BCUT2D eigenvalue weighted by molar-refractivity contribution is 8.02. The zero-order valence-corrected chi connectivity index (χ0v) is 19.5. The van der Waals surface area contributed by atoms with Gasteiger partial charge in [0.05, 0.1) is 34.6 Å². The molecule has 0 fully saturated rings. The first-order valence-corrected chi connectivity index (χ1v) is 11.3. The molecule has 0 aliphatic rings. The van der Waals surface area contributed by atoms with Crippen LogP contribution in [0.3, 0.4) is 0 Å². The highest BCUT2D eigenvalue weighted by Crippen LogP contribution is 2.40. The molecule has 0 amide bonds. The van der Waals surface area contributed by atoms with E-state index in [2.05, 4.69) is 57.3 Å². The number of nitrogens with zero attached hydrogens (tertiary/aromatic N) is 2. The van der Waals surface area contributed by atoms with Crippen molar-refractivity contribution in [1.82, 2.24) is 4.98 Å². The summed E-state index contributed by atoms with van der Waals surface area (Å²) in [4.78, 5) is 4.62. The normalized spacial score (nSPS) is 13.1. The van der Waals surface area contributed by atoms with Gasteiger partial charge in [-0.15, -0.1) is 11.3 Å². The lowest BCUT2D eigenvalue weighted by atomic mass is 9.90. The lowest BCUT2D eigenvalue weighted by Crippen LogP contribution is -2.10. The van der Waals surface area contributed by atoms with Gasteiger partial charge >= 0.3 is 0 Å². The summed E-state index contributed by atoms with van der Waals surface area (Å²) in [6.07, 6.45) is 3.46. The Labute approximate surface area is 182 Å². The van der Waals surface area contributed by atoms with Crippen molar-refractivity contribution in [3.8, 4) is 6.07 Å². The van der Waals surface area contributed by atoms with Gasteiger partial charge in [0.15, 0.2) is 0 Å². The summed E-state index contributed by atoms with van der Waals surface area (Å²) in [5, 5.41) is 20.2. The maximum absolute atomic E-state index is 9.76. The van der Waals surface area contributed by atoms with Crippen LogP contribution in [0.1, 0.15) is 80.8 Å². The van der Waals surface area contributed by atoms with E-state index in [4.69, 9.17) is 5.73 Å². The molecule has 2 rings (SSSR count). The van der Waals surface area contributed by atoms with E-state index in [1.807, 2.05) is 18.2 Å². The summed E-state index contributed by atoms with van der Waals surface area (Å²) >= 11 is 3.06. The first kappa shape index (κ1) is 23.3. The topological polar surface area (TPSA) is 95.0 Å². The number of thiazole rings is 1. The number of benzene rings is 1. The molecule has 4 N–H and O–H groups in total. The van der Waals surface area contributed by atoms with E-state index in [0.29, 0.717) is 11.3 Å². The van der Waals surface area contributed by atoms with Gasteiger partial charge in [-0.2, -0.15) is 5.26 Å². The van der Waals surface area contributed by atoms with Crippen molar-refractivity contribution in [2.45, 2.75) is 69.6 Å². The Morgan fingerprint density at radius 2 is 1.97 bits per heavy atom. The molecule has 0 saturated heterocycles. The average molecular weight is 431 g/mol. The third-order valence-electron chi connectivity index (χ3n) is 4.54. The third-order valence-corrected chi connectivity index (χ3v) is 7.08. The number of nitrogens with one attached hydrogen (secondary N) is 1. The fraction of sp³-hybridized carbons (Fsp3) is 0.455. The second-order valence-corrected chi connectivity index (χ2v) is 10.4. The van der Waals surface area contributed by atoms with Crippen LogP contribution in [0.15, 0.2) is 28.6 Å². The smallest absolute Gasteiger partial charge is 0.106 e. The van der Waals surface area contributed by atoms with Gasteiger partial charge < -0.3 is 15.6 Å². The summed E-state index contributed by atoms with van der Waals surface area (Å²) in [7, 11) is 0. The standard InChI is InChI=1S/C22H30N4OS2/c1-13(2)16-9-15(11-24)10-17(14(3)7-8-23)19(16)26-29-20-18(12-27)25-21(28-20)22(4,5)6/h7-10,13-14,26-27H,12,23H2,1-6H3/b8-7-. The second-order valence-electron chi connectivity index (χ2n) is 8.34. The lowest BCUT2D eigenvalue weighted by Gasteiger charge is -2.21. The van der Waals surface area contributed by atoms with Crippen molar-refractivity contribution in [1.29, 1.82) is 5.26 Å². The largest absolute Gasteiger partial charge is 0.405 e. The average Bonchev–Trinajstić information content (AvgIpc) is 3.09. The van der Waals surface area contributed by atoms with E-state index in [1.165, 1.54) is 11.9 Å². The predicted molar refractivity (Wildman–Crippen MR) is 123 cm³/mol. The van der Waals surface area contributed by atoms with E-state index in [9.17, 15) is 10.4 Å². The van der Waals surface area contributed by atoms with Gasteiger partial charge in [0.1, 0.15) is 4.21 Å². The number of rotatable bonds is 7. The van der Waals surface area contributed by atoms with Crippen molar-refractivity contribution in [2.75, 3.05) is 4.72 Å². The molecule has 156 valence electrons. The van der Waals surface area contributed by atoms with Crippen molar-refractivity contribution in [3.05, 3.63) is 51.8 Å². The van der Waals surface area contributed by atoms with Crippen LogP contribution in [-0.4, -0.2) is 10.1 Å². The monoisotopic (exact) mass is 430 g/mol. The molecule has 0 aliphatic heterocycles. The molecule has 0 radical (unpaired) electrons. The maximum Gasteiger partial charge on any atom is 0.106 e. The van der Waals surface area contributed by atoms with Crippen molar-refractivity contribution in [2.24, 2.45) is 5.73 Å². The Hall–Kier alpha value is -2.01. The van der Waals surface area contributed by atoms with E-state index in [-0.39, 0.29) is 23.9 Å². The molecule has 5 nitrogen and oxygen atoms in total. The number of aliphatic hydroxyl groups excluding tert-OH is 1. The van der Waals surface area contributed by atoms with Crippen LogP contribution < -0.4 is 10.5 Å². The number of anilines is 1. The number of hydrogen-bond donors (Lipinski definition) is 3. The molecule has 7 heteroatoms. The summed E-state index contributed by atoms with van der Waals surface area (Å²) in [6, 6.07) is 6.12. The molecule has 0 spiro atoms. The van der Waals surface area contributed by atoms with Crippen molar-refractivity contribution >= 4 is 29.0 Å².